The molecule has 0 aliphatic carbocycles. The van der Waals surface area contributed by atoms with Gasteiger partial charge in [0.25, 0.3) is 39.1 Å². The van der Waals surface area contributed by atoms with Gasteiger partial charge in [0, 0.05) is 0 Å². The van der Waals surface area contributed by atoms with Gasteiger partial charge in [0.2, 0.25) is 0 Å². The van der Waals surface area contributed by atoms with Crippen LogP contribution >= 0.6 is 0 Å². The number of hydrogen-bond donors (Lipinski definition) is 0. The molecule has 0 heterocycles. The van der Waals surface area contributed by atoms with Gasteiger partial charge in [-0.2, -0.15) is 0 Å². The summed E-state index contributed by atoms with van der Waals surface area (Å²) in [4.78, 5) is 0. The SMILES string of the molecule is Cc1ccccc1[Si]O[Si](O[Si]c1ccccc1C)(O[Si]c1ccccc1C)O[Si]c1ccccc1C. The van der Waals surface area contributed by atoms with Crippen LogP contribution in [0.25, 0.3) is 0 Å². The molecule has 0 spiro atoms. The van der Waals surface area contributed by atoms with Crippen molar-refractivity contribution in [2.24, 2.45) is 0 Å². The van der Waals surface area contributed by atoms with Gasteiger partial charge in [0.15, 0.2) is 0 Å². The highest BCUT2D eigenvalue weighted by atomic mass is 28.5. The van der Waals surface area contributed by atoms with Crippen molar-refractivity contribution in [3.8, 4) is 0 Å². The zero-order valence-corrected chi connectivity index (χ0v) is 26.4. The quantitative estimate of drug-likeness (QED) is 0.246. The van der Waals surface area contributed by atoms with Crippen LogP contribution in [-0.2, 0) is 16.5 Å². The van der Waals surface area contributed by atoms with Crippen LogP contribution in [0.5, 0.6) is 0 Å². The Morgan fingerprint density at radius 1 is 0.378 bits per heavy atom. The van der Waals surface area contributed by atoms with E-state index >= 15 is 0 Å². The average Bonchev–Trinajstić information content (AvgIpc) is 2.91. The highest BCUT2D eigenvalue weighted by molar-refractivity contribution is 6.78. The summed E-state index contributed by atoms with van der Waals surface area (Å²) in [5.41, 5.74) is 4.70. The van der Waals surface area contributed by atoms with Crippen molar-refractivity contribution in [2.75, 3.05) is 0 Å². The van der Waals surface area contributed by atoms with Crippen LogP contribution < -0.4 is 20.7 Å². The van der Waals surface area contributed by atoms with Gasteiger partial charge in [0.05, 0.1) is 0 Å². The maximum Gasteiger partial charge on any atom is 0.637 e. The van der Waals surface area contributed by atoms with Crippen LogP contribution in [0.1, 0.15) is 22.3 Å². The van der Waals surface area contributed by atoms with E-state index in [1.165, 1.54) is 22.3 Å². The molecule has 0 saturated heterocycles. The molecule has 0 N–H and O–H groups in total. The van der Waals surface area contributed by atoms with Crippen molar-refractivity contribution in [1.29, 1.82) is 0 Å². The molecule has 4 aromatic rings. The monoisotopic (exact) mass is 568 g/mol. The van der Waals surface area contributed by atoms with E-state index in [2.05, 4.69) is 76.2 Å². The van der Waals surface area contributed by atoms with Gasteiger partial charge in [0.1, 0.15) is 0 Å². The van der Waals surface area contributed by atoms with Crippen molar-refractivity contribution >= 4 is 68.8 Å². The van der Waals surface area contributed by atoms with E-state index in [1.807, 2.05) is 48.5 Å². The Morgan fingerprint density at radius 3 is 0.811 bits per heavy atom. The second-order valence-corrected chi connectivity index (χ2v) is 15.8. The Bertz CT molecular complexity index is 1110. The molecule has 0 fully saturated rings. The molecule has 8 radical (unpaired) electrons. The van der Waals surface area contributed by atoms with Gasteiger partial charge in [-0.05, 0) is 70.7 Å². The zero-order chi connectivity index (χ0) is 26.1. The van der Waals surface area contributed by atoms with E-state index in [-0.39, 0.29) is 39.1 Å². The summed E-state index contributed by atoms with van der Waals surface area (Å²) >= 11 is 0. The molecular weight excluding hydrogens is 541 g/mol. The van der Waals surface area contributed by atoms with E-state index in [0.29, 0.717) is 0 Å². The first-order valence-corrected chi connectivity index (χ1v) is 17.2. The second-order valence-electron chi connectivity index (χ2n) is 8.58. The zero-order valence-electron chi connectivity index (χ0n) is 21.4. The summed E-state index contributed by atoms with van der Waals surface area (Å²) < 4.78 is 26.4. The molecule has 0 aromatic heterocycles. The Kier molecular flexibility index (Phi) is 10.2. The third kappa shape index (κ3) is 7.90. The Hall–Kier alpha value is -2.20. The molecule has 0 amide bonds. The smallest absolute Gasteiger partial charge is 0.390 e. The number of hydrogen-bond acceptors (Lipinski definition) is 4. The lowest BCUT2D eigenvalue weighted by Crippen LogP contribution is -2.57. The summed E-state index contributed by atoms with van der Waals surface area (Å²) in [6, 6.07) is 33.0. The third-order valence-electron chi connectivity index (χ3n) is 5.72. The third-order valence-corrected chi connectivity index (χ3v) is 14.5. The average molecular weight is 569 g/mol. The first-order chi connectivity index (χ1) is 18.0. The summed E-state index contributed by atoms with van der Waals surface area (Å²) in [6.45, 7) is 8.38. The summed E-state index contributed by atoms with van der Waals surface area (Å²) in [5, 5.41) is 4.47. The molecule has 0 unspecified atom stereocenters. The number of benzene rings is 4. The van der Waals surface area contributed by atoms with Gasteiger partial charge >= 0.3 is 9.05 Å². The Morgan fingerprint density at radius 2 is 0.595 bits per heavy atom. The highest BCUT2D eigenvalue weighted by Crippen LogP contribution is 2.12. The fraction of sp³-hybridized carbons (Fsp3) is 0.143. The van der Waals surface area contributed by atoms with Crippen molar-refractivity contribution in [3.63, 3.8) is 0 Å². The minimum Gasteiger partial charge on any atom is -0.390 e. The molecule has 0 saturated carbocycles. The maximum absolute atomic E-state index is 6.60. The number of rotatable bonds is 12. The summed E-state index contributed by atoms with van der Waals surface area (Å²) in [6.07, 6.45) is 0. The van der Waals surface area contributed by atoms with Crippen LogP contribution in [0.3, 0.4) is 0 Å². The molecule has 9 heteroatoms. The van der Waals surface area contributed by atoms with Crippen LogP contribution in [0.4, 0.5) is 0 Å². The standard InChI is InChI=1S/C28H28O4Si5/c1-21-13-5-9-17-25(21)33-29-37(30-34-26-18-10-6-14-22(26)2,31-35-27-19-11-7-15-23(27)3)32-36-28-20-12-8-16-24(28)4/h5-20H,1-4H3. The molecule has 0 atom stereocenters. The van der Waals surface area contributed by atoms with Crippen LogP contribution in [0.2, 0.25) is 0 Å². The lowest BCUT2D eigenvalue weighted by molar-refractivity contribution is 0.180. The van der Waals surface area contributed by atoms with Gasteiger partial charge in [-0.1, -0.05) is 97.1 Å². The van der Waals surface area contributed by atoms with E-state index < -0.39 is 9.05 Å². The largest absolute Gasteiger partial charge is 0.637 e. The van der Waals surface area contributed by atoms with Gasteiger partial charge in [-0.15, -0.1) is 0 Å². The Labute approximate surface area is 231 Å². The lowest BCUT2D eigenvalue weighted by atomic mass is 10.2. The normalized spacial score (nSPS) is 11.6. The first kappa shape index (κ1) is 27.8. The predicted octanol–water partition coefficient (Wildman–Crippen LogP) is 2.50. The molecule has 37 heavy (non-hydrogen) atoms. The van der Waals surface area contributed by atoms with Gasteiger partial charge in [-0.3, -0.25) is 0 Å². The molecule has 4 aromatic carbocycles. The van der Waals surface area contributed by atoms with Crippen LogP contribution in [0.15, 0.2) is 97.1 Å². The maximum atomic E-state index is 6.60. The predicted molar refractivity (Wildman–Crippen MR) is 156 cm³/mol. The van der Waals surface area contributed by atoms with Crippen molar-refractivity contribution in [1.82, 2.24) is 0 Å². The highest BCUT2D eigenvalue weighted by Gasteiger charge is 2.45. The van der Waals surface area contributed by atoms with Crippen LogP contribution in [-0.4, -0.2) is 48.1 Å². The molecule has 4 rings (SSSR count). The molecule has 0 aliphatic rings. The molecule has 0 aliphatic heterocycles. The minimum atomic E-state index is -3.57. The summed E-state index contributed by atoms with van der Waals surface area (Å²) in [7, 11) is -3.37. The van der Waals surface area contributed by atoms with Gasteiger partial charge < -0.3 is 16.5 Å². The first-order valence-electron chi connectivity index (χ1n) is 11.9. The topological polar surface area (TPSA) is 36.9 Å². The molecule has 4 nitrogen and oxygen atoms in total. The van der Waals surface area contributed by atoms with Crippen LogP contribution in [0, 0.1) is 27.7 Å². The second kappa shape index (κ2) is 13.6. The van der Waals surface area contributed by atoms with Gasteiger partial charge in [-0.25, -0.2) is 0 Å². The van der Waals surface area contributed by atoms with Crippen molar-refractivity contribution in [2.45, 2.75) is 27.7 Å². The lowest BCUT2D eigenvalue weighted by Gasteiger charge is -2.29. The Balaban J connectivity index is 1.64. The fourth-order valence-electron chi connectivity index (χ4n) is 3.34. The minimum absolute atomic E-state index is 0.0491. The van der Waals surface area contributed by atoms with E-state index in [9.17, 15) is 0 Å². The number of aryl methyl sites for hydroxylation is 4. The van der Waals surface area contributed by atoms with E-state index in [4.69, 9.17) is 16.5 Å². The van der Waals surface area contributed by atoms with Crippen molar-refractivity contribution < 1.29 is 16.5 Å². The fourth-order valence-corrected chi connectivity index (χ4v) is 12.0. The van der Waals surface area contributed by atoms with E-state index in [0.717, 1.165) is 20.7 Å². The van der Waals surface area contributed by atoms with E-state index in [1.54, 1.807) is 0 Å². The van der Waals surface area contributed by atoms with Crippen molar-refractivity contribution in [3.05, 3.63) is 119 Å². The molecular formula is C28H28O4Si5. The summed E-state index contributed by atoms with van der Waals surface area (Å²) in [5.74, 6) is 0. The molecule has 184 valence electrons. The molecule has 0 bridgehead atoms.